The summed E-state index contributed by atoms with van der Waals surface area (Å²) in [6, 6.07) is 25.8. The molecule has 0 fully saturated rings. The number of hydrogen-bond acceptors (Lipinski definition) is 2. The van der Waals surface area contributed by atoms with Gasteiger partial charge in [0.15, 0.2) is 0 Å². The fourth-order valence-corrected chi connectivity index (χ4v) is 2.74. The lowest BCUT2D eigenvalue weighted by molar-refractivity contribution is 0.406. The van der Waals surface area contributed by atoms with Crippen molar-refractivity contribution in [2.24, 2.45) is 0 Å². The summed E-state index contributed by atoms with van der Waals surface area (Å²) in [5.74, 6) is 0.855. The van der Waals surface area contributed by atoms with Crippen LogP contribution in [0.4, 0.5) is 0 Å². The Morgan fingerprint density at radius 1 is 0.875 bits per heavy atom. The number of hydrogen-bond donors (Lipinski definition) is 1. The standard InChI is InChI=1S/C22H20O2/c1-24-19-13-15-21(22(23)16-19)20(18-10-6-3-7-11-18)14-12-17-8-4-2-5-9-17/h2-16,20,23H,1H3/b14-12+/t20-/m0/s1. The normalized spacial score (nSPS) is 12.2. The summed E-state index contributed by atoms with van der Waals surface area (Å²) in [6.07, 6.45) is 4.20. The van der Waals surface area contributed by atoms with Crippen LogP contribution >= 0.6 is 0 Å². The van der Waals surface area contributed by atoms with Crippen LogP contribution in [-0.2, 0) is 0 Å². The SMILES string of the molecule is COc1ccc([C@@H](/C=C/c2ccccc2)c2ccccc2)c(O)c1. The Hall–Kier alpha value is -3.00. The molecule has 0 bridgehead atoms. The van der Waals surface area contributed by atoms with Crippen molar-refractivity contribution >= 4 is 6.08 Å². The predicted molar refractivity (Wildman–Crippen MR) is 98.4 cm³/mol. The first kappa shape index (κ1) is 15.9. The van der Waals surface area contributed by atoms with E-state index in [0.29, 0.717) is 5.75 Å². The number of benzene rings is 3. The lowest BCUT2D eigenvalue weighted by atomic mass is 9.89. The predicted octanol–water partition coefficient (Wildman–Crippen LogP) is 5.25. The highest BCUT2D eigenvalue weighted by Gasteiger charge is 2.15. The topological polar surface area (TPSA) is 29.5 Å². The van der Waals surface area contributed by atoms with Crippen LogP contribution in [0.1, 0.15) is 22.6 Å². The molecular weight excluding hydrogens is 296 g/mol. The molecule has 0 aliphatic heterocycles. The molecule has 0 spiro atoms. The van der Waals surface area contributed by atoms with Gasteiger partial charge in [-0.25, -0.2) is 0 Å². The average molecular weight is 316 g/mol. The molecule has 0 saturated carbocycles. The minimum atomic E-state index is -0.0303. The second-order valence-corrected chi connectivity index (χ2v) is 5.58. The quantitative estimate of drug-likeness (QED) is 0.697. The molecule has 1 N–H and O–H groups in total. The number of aromatic hydroxyl groups is 1. The van der Waals surface area contributed by atoms with Crippen LogP contribution in [0.5, 0.6) is 11.5 Å². The molecule has 0 amide bonds. The van der Waals surface area contributed by atoms with Gasteiger partial charge < -0.3 is 9.84 Å². The molecule has 120 valence electrons. The molecule has 0 aliphatic rings. The Bertz CT molecular complexity index is 808. The zero-order valence-electron chi connectivity index (χ0n) is 13.6. The average Bonchev–Trinajstić information content (AvgIpc) is 2.64. The van der Waals surface area contributed by atoms with Crippen molar-refractivity contribution in [3.05, 3.63) is 102 Å². The van der Waals surface area contributed by atoms with E-state index in [1.807, 2.05) is 48.5 Å². The van der Waals surface area contributed by atoms with Crippen LogP contribution in [0.3, 0.4) is 0 Å². The van der Waals surface area contributed by atoms with E-state index in [-0.39, 0.29) is 11.7 Å². The summed E-state index contributed by atoms with van der Waals surface area (Å²) in [7, 11) is 1.60. The third-order valence-electron chi connectivity index (χ3n) is 4.01. The third-order valence-corrected chi connectivity index (χ3v) is 4.01. The number of phenols is 1. The van der Waals surface area contributed by atoms with Crippen LogP contribution in [0.2, 0.25) is 0 Å². The summed E-state index contributed by atoms with van der Waals surface area (Å²) in [6.45, 7) is 0. The van der Waals surface area contributed by atoms with Gasteiger partial charge in [-0.2, -0.15) is 0 Å². The summed E-state index contributed by atoms with van der Waals surface area (Å²) < 4.78 is 5.19. The van der Waals surface area contributed by atoms with Gasteiger partial charge in [-0.05, 0) is 17.2 Å². The van der Waals surface area contributed by atoms with Gasteiger partial charge in [0, 0.05) is 17.5 Å². The van der Waals surface area contributed by atoms with Gasteiger partial charge in [0.1, 0.15) is 11.5 Å². The minimum Gasteiger partial charge on any atom is -0.507 e. The second kappa shape index (κ2) is 7.51. The molecule has 0 aliphatic carbocycles. The number of rotatable bonds is 5. The van der Waals surface area contributed by atoms with Crippen molar-refractivity contribution in [1.82, 2.24) is 0 Å². The van der Waals surface area contributed by atoms with E-state index in [1.54, 1.807) is 13.2 Å². The molecule has 0 aromatic heterocycles. The van der Waals surface area contributed by atoms with E-state index in [1.165, 1.54) is 0 Å². The molecule has 0 heterocycles. The highest BCUT2D eigenvalue weighted by atomic mass is 16.5. The number of allylic oxidation sites excluding steroid dienone is 1. The Morgan fingerprint density at radius 3 is 2.17 bits per heavy atom. The molecule has 2 nitrogen and oxygen atoms in total. The lowest BCUT2D eigenvalue weighted by Crippen LogP contribution is -1.98. The Kier molecular flexibility index (Phi) is 4.97. The van der Waals surface area contributed by atoms with Gasteiger partial charge in [-0.15, -0.1) is 0 Å². The summed E-state index contributed by atoms with van der Waals surface area (Å²) in [4.78, 5) is 0. The maximum Gasteiger partial charge on any atom is 0.123 e. The lowest BCUT2D eigenvalue weighted by Gasteiger charge is -2.16. The molecule has 0 unspecified atom stereocenters. The zero-order chi connectivity index (χ0) is 16.8. The van der Waals surface area contributed by atoms with Gasteiger partial charge in [0.05, 0.1) is 7.11 Å². The molecule has 2 heteroatoms. The highest BCUT2D eigenvalue weighted by molar-refractivity contribution is 5.55. The molecule has 0 radical (unpaired) electrons. The van der Waals surface area contributed by atoms with Gasteiger partial charge in [-0.3, -0.25) is 0 Å². The Morgan fingerprint density at radius 2 is 1.54 bits per heavy atom. The first-order valence-corrected chi connectivity index (χ1v) is 7.93. The third kappa shape index (κ3) is 3.66. The van der Waals surface area contributed by atoms with Crippen molar-refractivity contribution in [3.8, 4) is 11.5 Å². The molecule has 1 atom stereocenters. The van der Waals surface area contributed by atoms with Crippen molar-refractivity contribution in [3.63, 3.8) is 0 Å². The van der Waals surface area contributed by atoms with Crippen LogP contribution in [0, 0.1) is 0 Å². The smallest absolute Gasteiger partial charge is 0.123 e. The van der Waals surface area contributed by atoms with Crippen LogP contribution < -0.4 is 4.74 Å². The Balaban J connectivity index is 2.01. The Labute approximate surface area is 142 Å². The van der Waals surface area contributed by atoms with Crippen LogP contribution in [0.15, 0.2) is 84.9 Å². The second-order valence-electron chi connectivity index (χ2n) is 5.58. The minimum absolute atomic E-state index is 0.0303. The molecular formula is C22H20O2. The molecule has 24 heavy (non-hydrogen) atoms. The molecule has 3 aromatic carbocycles. The maximum atomic E-state index is 10.4. The first-order valence-electron chi connectivity index (χ1n) is 7.93. The van der Waals surface area contributed by atoms with Gasteiger partial charge in [0.2, 0.25) is 0 Å². The molecule has 0 saturated heterocycles. The zero-order valence-corrected chi connectivity index (χ0v) is 13.6. The summed E-state index contributed by atoms with van der Waals surface area (Å²) in [5, 5.41) is 10.4. The first-order chi connectivity index (χ1) is 11.8. The van der Waals surface area contributed by atoms with E-state index in [2.05, 4.69) is 36.4 Å². The van der Waals surface area contributed by atoms with E-state index in [0.717, 1.165) is 16.7 Å². The number of phenolic OH excluding ortho intramolecular Hbond substituents is 1. The van der Waals surface area contributed by atoms with Crippen molar-refractivity contribution in [2.75, 3.05) is 7.11 Å². The van der Waals surface area contributed by atoms with Crippen molar-refractivity contribution in [1.29, 1.82) is 0 Å². The van der Waals surface area contributed by atoms with E-state index in [4.69, 9.17) is 4.74 Å². The monoisotopic (exact) mass is 316 g/mol. The largest absolute Gasteiger partial charge is 0.507 e. The maximum absolute atomic E-state index is 10.4. The molecule has 3 rings (SSSR count). The summed E-state index contributed by atoms with van der Waals surface area (Å²) in [5.41, 5.74) is 3.12. The fraction of sp³-hybridized carbons (Fsp3) is 0.0909. The van der Waals surface area contributed by atoms with Gasteiger partial charge in [0.25, 0.3) is 0 Å². The van der Waals surface area contributed by atoms with E-state index < -0.39 is 0 Å². The van der Waals surface area contributed by atoms with Crippen LogP contribution in [-0.4, -0.2) is 12.2 Å². The highest BCUT2D eigenvalue weighted by Crippen LogP contribution is 2.35. The van der Waals surface area contributed by atoms with Gasteiger partial charge in [-0.1, -0.05) is 78.9 Å². The van der Waals surface area contributed by atoms with Gasteiger partial charge >= 0.3 is 0 Å². The summed E-state index contributed by atoms with van der Waals surface area (Å²) >= 11 is 0. The van der Waals surface area contributed by atoms with Crippen LogP contribution in [0.25, 0.3) is 6.08 Å². The van der Waals surface area contributed by atoms with Crippen molar-refractivity contribution in [2.45, 2.75) is 5.92 Å². The number of ether oxygens (including phenoxy) is 1. The van der Waals surface area contributed by atoms with Crippen molar-refractivity contribution < 1.29 is 9.84 Å². The van der Waals surface area contributed by atoms with E-state index >= 15 is 0 Å². The number of methoxy groups -OCH3 is 1. The fourth-order valence-electron chi connectivity index (χ4n) is 2.74. The van der Waals surface area contributed by atoms with E-state index in [9.17, 15) is 5.11 Å². The molecule has 3 aromatic rings.